The Bertz CT molecular complexity index is 795. The number of likely N-dealkylation sites (tertiary alicyclic amines) is 1. The van der Waals surface area contributed by atoms with Gasteiger partial charge in [0.2, 0.25) is 0 Å². The van der Waals surface area contributed by atoms with Crippen molar-refractivity contribution in [1.82, 2.24) is 15.5 Å². The van der Waals surface area contributed by atoms with Gasteiger partial charge in [-0.05, 0) is 49.6 Å². The molecule has 6 heteroatoms. The van der Waals surface area contributed by atoms with Gasteiger partial charge >= 0.3 is 0 Å². The number of hydrogen-bond acceptors (Lipinski definition) is 4. The Balaban J connectivity index is 1.58. The standard InChI is InChI=1S/C23H32N4O2/c1-3-24-23(25-15-19-11-12-22(29-2)21(28)14-19)26-20-10-7-13-27(17-20)16-18-8-5-4-6-9-18/h4-6,8-9,11-12,14,20,28H,3,7,10,13,15-17H2,1-2H3,(H2,24,25,26). The Hall–Kier alpha value is -2.73. The zero-order valence-electron chi connectivity index (χ0n) is 17.4. The minimum atomic E-state index is 0.141. The van der Waals surface area contributed by atoms with Crippen molar-refractivity contribution in [3.05, 3.63) is 59.7 Å². The number of nitrogens with zero attached hydrogens (tertiary/aromatic N) is 2. The highest BCUT2D eigenvalue weighted by atomic mass is 16.5. The van der Waals surface area contributed by atoms with Crippen molar-refractivity contribution in [2.75, 3.05) is 26.7 Å². The molecule has 6 nitrogen and oxygen atoms in total. The molecule has 0 amide bonds. The number of piperidine rings is 1. The second kappa shape index (κ2) is 10.7. The zero-order valence-corrected chi connectivity index (χ0v) is 17.4. The first kappa shape index (κ1) is 21.0. The SMILES string of the molecule is CCNC(=NCc1ccc(OC)c(O)c1)NC1CCCN(Cc2ccccc2)C1. The van der Waals surface area contributed by atoms with Crippen molar-refractivity contribution in [3.63, 3.8) is 0 Å². The average molecular weight is 397 g/mol. The summed E-state index contributed by atoms with van der Waals surface area (Å²) in [7, 11) is 1.55. The maximum absolute atomic E-state index is 9.96. The second-order valence-electron chi connectivity index (χ2n) is 7.41. The Kier molecular flexibility index (Phi) is 7.76. The van der Waals surface area contributed by atoms with Gasteiger partial charge in [-0.15, -0.1) is 0 Å². The van der Waals surface area contributed by atoms with Gasteiger partial charge in [-0.1, -0.05) is 36.4 Å². The number of rotatable bonds is 7. The highest BCUT2D eigenvalue weighted by Gasteiger charge is 2.20. The van der Waals surface area contributed by atoms with Gasteiger partial charge in [-0.25, -0.2) is 4.99 Å². The molecule has 1 aliphatic heterocycles. The molecule has 1 aliphatic rings. The van der Waals surface area contributed by atoms with Crippen molar-refractivity contribution >= 4 is 5.96 Å². The lowest BCUT2D eigenvalue weighted by Crippen LogP contribution is -2.50. The Morgan fingerprint density at radius 2 is 2.03 bits per heavy atom. The number of nitrogens with one attached hydrogen (secondary N) is 2. The fraction of sp³-hybridized carbons (Fsp3) is 0.435. The second-order valence-corrected chi connectivity index (χ2v) is 7.41. The molecule has 29 heavy (non-hydrogen) atoms. The molecule has 1 unspecified atom stereocenters. The van der Waals surface area contributed by atoms with E-state index in [1.807, 2.05) is 6.07 Å². The normalized spacial score (nSPS) is 17.7. The molecule has 1 fully saturated rings. The third kappa shape index (κ3) is 6.39. The molecule has 0 aliphatic carbocycles. The van der Waals surface area contributed by atoms with Gasteiger partial charge in [-0.2, -0.15) is 0 Å². The third-order valence-electron chi connectivity index (χ3n) is 5.10. The number of guanidine groups is 1. The molecular weight excluding hydrogens is 364 g/mol. The minimum Gasteiger partial charge on any atom is -0.504 e. The van der Waals surface area contributed by atoms with Gasteiger partial charge in [0, 0.05) is 25.7 Å². The molecule has 1 atom stereocenters. The van der Waals surface area contributed by atoms with E-state index >= 15 is 0 Å². The van der Waals surface area contributed by atoms with E-state index in [0.29, 0.717) is 18.3 Å². The van der Waals surface area contributed by atoms with Gasteiger partial charge in [0.25, 0.3) is 0 Å². The van der Waals surface area contributed by atoms with Crippen LogP contribution in [-0.2, 0) is 13.1 Å². The quantitative estimate of drug-likeness (QED) is 0.496. The lowest BCUT2D eigenvalue weighted by molar-refractivity contribution is 0.192. The van der Waals surface area contributed by atoms with Crippen LogP contribution < -0.4 is 15.4 Å². The van der Waals surface area contributed by atoms with Gasteiger partial charge < -0.3 is 20.5 Å². The molecule has 0 radical (unpaired) electrons. The van der Waals surface area contributed by atoms with Crippen LogP contribution in [0.3, 0.4) is 0 Å². The number of aromatic hydroxyl groups is 1. The average Bonchev–Trinajstić information content (AvgIpc) is 2.73. The number of hydrogen-bond donors (Lipinski definition) is 3. The molecule has 0 aromatic heterocycles. The van der Waals surface area contributed by atoms with Crippen molar-refractivity contribution in [1.29, 1.82) is 0 Å². The Morgan fingerprint density at radius 3 is 2.76 bits per heavy atom. The van der Waals surface area contributed by atoms with E-state index in [1.165, 1.54) is 12.0 Å². The molecule has 0 bridgehead atoms. The molecule has 3 N–H and O–H groups in total. The molecule has 156 valence electrons. The molecular formula is C23H32N4O2. The van der Waals surface area contributed by atoms with E-state index in [2.05, 4.69) is 52.8 Å². The van der Waals surface area contributed by atoms with E-state index in [9.17, 15) is 5.11 Å². The molecule has 2 aromatic carbocycles. The topological polar surface area (TPSA) is 69.1 Å². The Labute approximate surface area is 173 Å². The van der Waals surface area contributed by atoms with Crippen molar-refractivity contribution in [2.24, 2.45) is 4.99 Å². The summed E-state index contributed by atoms with van der Waals surface area (Å²) >= 11 is 0. The number of benzene rings is 2. The van der Waals surface area contributed by atoms with Crippen molar-refractivity contribution in [2.45, 2.75) is 38.9 Å². The van der Waals surface area contributed by atoms with E-state index in [-0.39, 0.29) is 5.75 Å². The van der Waals surface area contributed by atoms with Gasteiger partial charge in [-0.3, -0.25) is 4.90 Å². The first-order valence-corrected chi connectivity index (χ1v) is 10.3. The molecule has 0 saturated carbocycles. The lowest BCUT2D eigenvalue weighted by Gasteiger charge is -2.34. The first-order chi connectivity index (χ1) is 14.2. The summed E-state index contributed by atoms with van der Waals surface area (Å²) in [5.41, 5.74) is 2.29. The number of ether oxygens (including phenoxy) is 1. The summed E-state index contributed by atoms with van der Waals surface area (Å²) in [6.45, 7) is 6.48. The number of aliphatic imine (C=N–C) groups is 1. The van der Waals surface area contributed by atoms with E-state index < -0.39 is 0 Å². The van der Waals surface area contributed by atoms with Crippen molar-refractivity contribution < 1.29 is 9.84 Å². The molecule has 1 saturated heterocycles. The number of phenolic OH excluding ortho intramolecular Hbond substituents is 1. The maximum Gasteiger partial charge on any atom is 0.191 e. The van der Waals surface area contributed by atoms with Crippen LogP contribution in [0.15, 0.2) is 53.5 Å². The van der Waals surface area contributed by atoms with Crippen LogP contribution in [0.4, 0.5) is 0 Å². The predicted molar refractivity (Wildman–Crippen MR) is 117 cm³/mol. The molecule has 0 spiro atoms. The highest BCUT2D eigenvalue weighted by Crippen LogP contribution is 2.26. The van der Waals surface area contributed by atoms with E-state index in [1.54, 1.807) is 19.2 Å². The van der Waals surface area contributed by atoms with Gasteiger partial charge in [0.1, 0.15) is 0 Å². The molecule has 2 aromatic rings. The summed E-state index contributed by atoms with van der Waals surface area (Å²) in [4.78, 5) is 7.21. The van der Waals surface area contributed by atoms with Gasteiger partial charge in [0.15, 0.2) is 17.5 Å². The fourth-order valence-electron chi connectivity index (χ4n) is 3.68. The van der Waals surface area contributed by atoms with Crippen LogP contribution >= 0.6 is 0 Å². The summed E-state index contributed by atoms with van der Waals surface area (Å²) in [5, 5.41) is 16.9. The zero-order chi connectivity index (χ0) is 20.5. The van der Waals surface area contributed by atoms with Crippen LogP contribution in [-0.4, -0.2) is 48.8 Å². The van der Waals surface area contributed by atoms with Crippen LogP contribution in [0, 0.1) is 0 Å². The first-order valence-electron chi connectivity index (χ1n) is 10.3. The van der Waals surface area contributed by atoms with Crippen LogP contribution in [0.25, 0.3) is 0 Å². The number of methoxy groups -OCH3 is 1. The van der Waals surface area contributed by atoms with E-state index in [4.69, 9.17) is 9.73 Å². The van der Waals surface area contributed by atoms with Crippen molar-refractivity contribution in [3.8, 4) is 11.5 Å². The van der Waals surface area contributed by atoms with Crippen LogP contribution in [0.5, 0.6) is 11.5 Å². The molecule has 3 rings (SSSR count). The summed E-state index contributed by atoms with van der Waals surface area (Å²) in [5.74, 6) is 1.43. The highest BCUT2D eigenvalue weighted by molar-refractivity contribution is 5.80. The lowest BCUT2D eigenvalue weighted by atomic mass is 10.0. The largest absolute Gasteiger partial charge is 0.504 e. The number of phenols is 1. The Morgan fingerprint density at radius 1 is 1.21 bits per heavy atom. The predicted octanol–water partition coefficient (Wildman–Crippen LogP) is 3.12. The fourth-order valence-corrected chi connectivity index (χ4v) is 3.68. The van der Waals surface area contributed by atoms with E-state index in [0.717, 1.165) is 44.1 Å². The van der Waals surface area contributed by atoms with Crippen LogP contribution in [0.1, 0.15) is 30.9 Å². The summed E-state index contributed by atoms with van der Waals surface area (Å²) in [6, 6.07) is 16.4. The third-order valence-corrected chi connectivity index (χ3v) is 5.10. The molecule has 1 heterocycles. The van der Waals surface area contributed by atoms with Gasteiger partial charge in [0.05, 0.1) is 13.7 Å². The summed E-state index contributed by atoms with van der Waals surface area (Å²) in [6.07, 6.45) is 2.31. The smallest absolute Gasteiger partial charge is 0.191 e. The van der Waals surface area contributed by atoms with Crippen LogP contribution in [0.2, 0.25) is 0 Å². The minimum absolute atomic E-state index is 0.141. The monoisotopic (exact) mass is 396 g/mol. The maximum atomic E-state index is 9.96. The summed E-state index contributed by atoms with van der Waals surface area (Å²) < 4.78 is 5.10.